The van der Waals surface area contributed by atoms with Crippen LogP contribution in [-0.4, -0.2) is 39.5 Å². The number of urea groups is 1. The van der Waals surface area contributed by atoms with Crippen LogP contribution in [0.4, 0.5) is 38.1 Å². The molecule has 8 nitrogen and oxygen atoms in total. The molecule has 6 rings (SSSR count). The summed E-state index contributed by atoms with van der Waals surface area (Å²) in [6, 6.07) is 8.22. The molecule has 3 heterocycles. The molecule has 2 atom stereocenters. The normalized spacial score (nSPS) is 19.6. The van der Waals surface area contributed by atoms with Crippen LogP contribution < -0.4 is 15.5 Å². The van der Waals surface area contributed by atoms with Crippen molar-refractivity contribution in [3.63, 3.8) is 0 Å². The van der Waals surface area contributed by atoms with E-state index in [1.165, 1.54) is 29.1 Å². The fourth-order valence-electron chi connectivity index (χ4n) is 5.18. The number of rotatable bonds is 3. The average molecular weight is 590 g/mol. The maximum Gasteiger partial charge on any atom is 0.423 e. The molecule has 14 heteroatoms. The number of carbonyl (C=O) groups is 2. The minimum atomic E-state index is -5.23. The number of aromatic nitrogens is 2. The highest BCUT2D eigenvalue weighted by Gasteiger charge is 2.61. The third-order valence-corrected chi connectivity index (χ3v) is 7.42. The highest BCUT2D eigenvalue weighted by molar-refractivity contribution is 6.31. The second kappa shape index (κ2) is 9.28. The van der Waals surface area contributed by atoms with Gasteiger partial charge in [-0.3, -0.25) is 9.69 Å². The first kappa shape index (κ1) is 26.7. The Morgan fingerprint density at radius 2 is 1.80 bits per heavy atom. The monoisotopic (exact) mass is 589 g/mol. The van der Waals surface area contributed by atoms with Gasteiger partial charge in [0.05, 0.1) is 29.5 Å². The molecule has 0 aliphatic carbocycles. The summed E-state index contributed by atoms with van der Waals surface area (Å²) in [5.41, 5.74) is -4.00. The van der Waals surface area contributed by atoms with E-state index in [0.29, 0.717) is 16.7 Å². The van der Waals surface area contributed by atoms with Crippen LogP contribution in [0.25, 0.3) is 5.69 Å². The van der Waals surface area contributed by atoms with Gasteiger partial charge in [-0.1, -0.05) is 11.6 Å². The number of β-amino-alcohol motifs (C(OH)–C–C–N with tert-alkyl or cyclic N) is 1. The Kier molecular flexibility index (Phi) is 6.05. The van der Waals surface area contributed by atoms with Crippen molar-refractivity contribution >= 4 is 34.9 Å². The first-order valence-electron chi connectivity index (χ1n) is 12.0. The molecule has 3 N–H and O–H groups in total. The molecule has 4 aromatic rings. The summed E-state index contributed by atoms with van der Waals surface area (Å²) in [6.45, 7) is -1.25. The highest BCUT2D eigenvalue weighted by atomic mass is 35.5. The molecule has 2 aliphatic heterocycles. The van der Waals surface area contributed by atoms with Crippen LogP contribution in [0, 0.1) is 11.6 Å². The lowest BCUT2D eigenvalue weighted by molar-refractivity contribution is -0.258. The smallest absolute Gasteiger partial charge is 0.375 e. The molecule has 1 aromatic heterocycles. The third-order valence-electron chi connectivity index (χ3n) is 7.07. The van der Waals surface area contributed by atoms with Crippen molar-refractivity contribution in [2.75, 3.05) is 16.8 Å². The van der Waals surface area contributed by atoms with Crippen molar-refractivity contribution in [2.24, 2.45) is 0 Å². The molecule has 3 amide bonds. The number of carbonyl (C=O) groups excluding carboxylic acids is 2. The topological polar surface area (TPSA) is 99.5 Å². The van der Waals surface area contributed by atoms with Gasteiger partial charge in [0.15, 0.2) is 0 Å². The van der Waals surface area contributed by atoms with E-state index in [0.717, 1.165) is 24.3 Å². The predicted octanol–water partition coefficient (Wildman–Crippen LogP) is 5.44. The van der Waals surface area contributed by atoms with E-state index < -0.39 is 53.5 Å². The lowest BCUT2D eigenvalue weighted by Crippen LogP contribution is -2.48. The number of hydrogen-bond acceptors (Lipinski definition) is 4. The molecular weight excluding hydrogens is 573 g/mol. The van der Waals surface area contributed by atoms with Gasteiger partial charge in [0.1, 0.15) is 11.6 Å². The molecule has 3 aromatic carbocycles. The number of nitrogens with one attached hydrogen (secondary N) is 2. The van der Waals surface area contributed by atoms with Crippen LogP contribution in [-0.2, 0) is 5.60 Å². The maximum atomic E-state index is 14.2. The summed E-state index contributed by atoms with van der Waals surface area (Å²) in [6.07, 6.45) is -2.18. The molecular formula is C27H17ClF5N5O3. The lowest BCUT2D eigenvalue weighted by atomic mass is 9.95. The van der Waals surface area contributed by atoms with Crippen LogP contribution >= 0.6 is 11.6 Å². The van der Waals surface area contributed by atoms with Crippen LogP contribution in [0.15, 0.2) is 67.0 Å². The minimum absolute atomic E-state index is 0.00399. The first-order chi connectivity index (χ1) is 19.4. The van der Waals surface area contributed by atoms with Gasteiger partial charge in [-0.15, -0.1) is 0 Å². The van der Waals surface area contributed by atoms with E-state index in [1.807, 2.05) is 0 Å². The second-order valence-electron chi connectivity index (χ2n) is 9.48. The zero-order valence-electron chi connectivity index (χ0n) is 20.5. The van der Waals surface area contributed by atoms with Gasteiger partial charge in [0.2, 0.25) is 5.60 Å². The van der Waals surface area contributed by atoms with Gasteiger partial charge >= 0.3 is 12.2 Å². The van der Waals surface area contributed by atoms with Gasteiger partial charge in [-0.05, 0) is 54.6 Å². The van der Waals surface area contributed by atoms with Crippen LogP contribution in [0.5, 0.6) is 0 Å². The Hall–Kier alpha value is -4.49. The van der Waals surface area contributed by atoms with Gasteiger partial charge in [0.25, 0.3) is 5.91 Å². The SMILES string of the molecule is O=C1N[C@H](c2cc(F)ccc2Cl)c2c(NC(=O)N3C[C@](O)(C(F)(F)F)c4cc(F)ccc43)ccc(-n3cccn3)c21. The largest absolute Gasteiger partial charge is 0.423 e. The summed E-state index contributed by atoms with van der Waals surface area (Å²) in [5.74, 6) is -2.27. The molecule has 0 fully saturated rings. The Balaban J connectivity index is 1.46. The molecule has 0 bridgehead atoms. The Labute approximate surface area is 232 Å². The Morgan fingerprint density at radius 1 is 1.10 bits per heavy atom. The molecule has 210 valence electrons. The Morgan fingerprint density at radius 3 is 2.51 bits per heavy atom. The van der Waals surface area contributed by atoms with Crippen molar-refractivity contribution < 1.29 is 36.6 Å². The molecule has 2 aliphatic rings. The van der Waals surface area contributed by atoms with E-state index in [2.05, 4.69) is 15.7 Å². The molecule has 0 saturated heterocycles. The van der Waals surface area contributed by atoms with Gasteiger partial charge < -0.3 is 15.7 Å². The number of anilines is 2. The van der Waals surface area contributed by atoms with E-state index >= 15 is 0 Å². The minimum Gasteiger partial charge on any atom is -0.375 e. The van der Waals surface area contributed by atoms with Gasteiger partial charge in [-0.25, -0.2) is 18.3 Å². The Bertz CT molecular complexity index is 1730. The molecule has 0 radical (unpaired) electrons. The van der Waals surface area contributed by atoms with Crippen LogP contribution in [0.1, 0.15) is 33.1 Å². The number of aliphatic hydroxyl groups is 1. The summed E-state index contributed by atoms with van der Waals surface area (Å²) < 4.78 is 71.2. The number of alkyl halides is 3. The number of fused-ring (bicyclic) bond motifs is 2. The van der Waals surface area contributed by atoms with E-state index in [-0.39, 0.29) is 33.1 Å². The molecule has 0 spiro atoms. The molecule has 0 unspecified atom stereocenters. The zero-order valence-corrected chi connectivity index (χ0v) is 21.3. The van der Waals surface area contributed by atoms with E-state index in [4.69, 9.17) is 11.6 Å². The van der Waals surface area contributed by atoms with Gasteiger partial charge in [-0.2, -0.15) is 18.3 Å². The third kappa shape index (κ3) is 4.19. The number of hydrogen-bond donors (Lipinski definition) is 3. The predicted molar refractivity (Wildman–Crippen MR) is 137 cm³/mol. The summed E-state index contributed by atoms with van der Waals surface area (Å²) >= 11 is 6.34. The maximum absolute atomic E-state index is 14.2. The second-order valence-corrected chi connectivity index (χ2v) is 9.89. The molecule has 41 heavy (non-hydrogen) atoms. The van der Waals surface area contributed by atoms with Crippen molar-refractivity contribution in [1.29, 1.82) is 0 Å². The van der Waals surface area contributed by atoms with Crippen LogP contribution in [0.2, 0.25) is 5.02 Å². The quantitative estimate of drug-likeness (QED) is 0.277. The van der Waals surface area contributed by atoms with Crippen molar-refractivity contribution in [3.05, 3.63) is 106 Å². The standard InChI is InChI=1S/C27H17ClF5N5O3/c28-17-4-2-13(29)10-15(17)23-21-18(5-7-20(22(21)24(39)36-23)38-9-1-8-34-38)35-25(40)37-12-26(41,27(31,32)33)16-11-14(30)3-6-19(16)37/h1-11,23,41H,12H2,(H,35,40)(H,36,39)/t23-,26-/m1/s1. The number of amides is 3. The first-order valence-corrected chi connectivity index (χ1v) is 12.4. The summed E-state index contributed by atoms with van der Waals surface area (Å²) in [4.78, 5) is 27.3. The lowest BCUT2D eigenvalue weighted by Gasteiger charge is -2.27. The zero-order chi connectivity index (χ0) is 29.3. The van der Waals surface area contributed by atoms with Crippen molar-refractivity contribution in [2.45, 2.75) is 17.8 Å². The number of benzene rings is 3. The fourth-order valence-corrected chi connectivity index (χ4v) is 5.41. The van der Waals surface area contributed by atoms with E-state index in [9.17, 15) is 36.6 Å². The number of nitrogens with zero attached hydrogens (tertiary/aromatic N) is 3. The summed E-state index contributed by atoms with van der Waals surface area (Å²) in [5, 5.41) is 20.0. The fraction of sp³-hybridized carbons (Fsp3) is 0.148. The average Bonchev–Trinajstić information content (AvgIpc) is 3.64. The molecule has 0 saturated carbocycles. The number of halogens is 6. The highest BCUT2D eigenvalue weighted by Crippen LogP contribution is 2.49. The van der Waals surface area contributed by atoms with Gasteiger partial charge in [0, 0.05) is 39.8 Å². The van der Waals surface area contributed by atoms with Crippen molar-refractivity contribution in [1.82, 2.24) is 15.1 Å². The van der Waals surface area contributed by atoms with Crippen molar-refractivity contribution in [3.8, 4) is 5.69 Å². The van der Waals surface area contributed by atoms with E-state index in [1.54, 1.807) is 12.3 Å². The summed E-state index contributed by atoms with van der Waals surface area (Å²) in [7, 11) is 0. The van der Waals surface area contributed by atoms with Crippen LogP contribution in [0.3, 0.4) is 0 Å².